The lowest BCUT2D eigenvalue weighted by Gasteiger charge is -2.33. The molecule has 0 aromatic carbocycles. The van der Waals surface area contributed by atoms with Crippen molar-refractivity contribution in [1.29, 1.82) is 0 Å². The van der Waals surface area contributed by atoms with Crippen molar-refractivity contribution in [2.75, 3.05) is 19.6 Å². The van der Waals surface area contributed by atoms with E-state index in [1.54, 1.807) is 0 Å². The van der Waals surface area contributed by atoms with Gasteiger partial charge in [-0.05, 0) is 39.8 Å². The summed E-state index contributed by atoms with van der Waals surface area (Å²) in [6.07, 6.45) is 2.57. The van der Waals surface area contributed by atoms with Crippen molar-refractivity contribution in [3.8, 4) is 0 Å². The van der Waals surface area contributed by atoms with Gasteiger partial charge in [-0.3, -0.25) is 14.5 Å². The lowest BCUT2D eigenvalue weighted by Crippen LogP contribution is -2.51. The maximum absolute atomic E-state index is 12.2. The Morgan fingerprint density at radius 1 is 1.37 bits per heavy atom. The molecule has 2 aliphatic rings. The van der Waals surface area contributed by atoms with Crippen LogP contribution in [0.15, 0.2) is 0 Å². The first-order chi connectivity index (χ1) is 9.02. The standard InChI is InChI=1S/C14H25N3O2/c1-4-16-7-5-6-11(9-16)15-12-8-13(18)17(10(2)3)14(12)19/h10-12,15H,4-9H2,1-3H3. The van der Waals surface area contributed by atoms with Crippen LogP contribution in [0.5, 0.6) is 0 Å². The van der Waals surface area contributed by atoms with Crippen molar-refractivity contribution in [2.24, 2.45) is 0 Å². The van der Waals surface area contributed by atoms with Crippen LogP contribution in [0.4, 0.5) is 0 Å². The molecule has 108 valence electrons. The summed E-state index contributed by atoms with van der Waals surface area (Å²) >= 11 is 0. The van der Waals surface area contributed by atoms with Crippen LogP contribution in [-0.2, 0) is 9.59 Å². The Balaban J connectivity index is 1.93. The number of rotatable bonds is 4. The summed E-state index contributed by atoms with van der Waals surface area (Å²) in [5, 5.41) is 3.39. The Hall–Kier alpha value is -0.940. The van der Waals surface area contributed by atoms with Crippen LogP contribution in [0.3, 0.4) is 0 Å². The van der Waals surface area contributed by atoms with Gasteiger partial charge in [0.1, 0.15) is 0 Å². The van der Waals surface area contributed by atoms with E-state index >= 15 is 0 Å². The zero-order valence-electron chi connectivity index (χ0n) is 12.2. The molecule has 2 saturated heterocycles. The summed E-state index contributed by atoms with van der Waals surface area (Å²) in [5.41, 5.74) is 0. The number of likely N-dealkylation sites (N-methyl/N-ethyl adjacent to an activating group) is 1. The van der Waals surface area contributed by atoms with Gasteiger partial charge in [0.25, 0.3) is 0 Å². The molecular weight excluding hydrogens is 242 g/mol. The second-order valence-corrected chi connectivity index (χ2v) is 5.85. The molecule has 0 spiro atoms. The molecule has 0 aromatic heterocycles. The molecule has 5 heteroatoms. The molecule has 0 aliphatic carbocycles. The van der Waals surface area contributed by atoms with Gasteiger partial charge in [0.05, 0.1) is 12.5 Å². The molecule has 2 rings (SSSR count). The van der Waals surface area contributed by atoms with Crippen LogP contribution in [0, 0.1) is 0 Å². The molecule has 2 amide bonds. The minimum atomic E-state index is -0.309. The van der Waals surface area contributed by atoms with Gasteiger partial charge < -0.3 is 10.2 Å². The summed E-state index contributed by atoms with van der Waals surface area (Å²) in [6, 6.07) is -0.00966. The van der Waals surface area contributed by atoms with Gasteiger partial charge in [-0.25, -0.2) is 0 Å². The Kier molecular flexibility index (Phi) is 4.58. The maximum atomic E-state index is 12.2. The van der Waals surface area contributed by atoms with Gasteiger partial charge in [0.15, 0.2) is 0 Å². The zero-order valence-corrected chi connectivity index (χ0v) is 12.2. The normalized spacial score (nSPS) is 29.6. The van der Waals surface area contributed by atoms with Crippen molar-refractivity contribution >= 4 is 11.8 Å². The van der Waals surface area contributed by atoms with E-state index in [1.807, 2.05) is 13.8 Å². The number of hydrogen-bond donors (Lipinski definition) is 1. The molecule has 5 nitrogen and oxygen atoms in total. The van der Waals surface area contributed by atoms with E-state index in [9.17, 15) is 9.59 Å². The molecule has 0 bridgehead atoms. The number of carbonyl (C=O) groups excluding carboxylic acids is 2. The van der Waals surface area contributed by atoms with E-state index < -0.39 is 0 Å². The predicted molar refractivity (Wildman–Crippen MR) is 73.7 cm³/mol. The van der Waals surface area contributed by atoms with Crippen LogP contribution < -0.4 is 5.32 Å². The molecule has 1 N–H and O–H groups in total. The van der Waals surface area contributed by atoms with E-state index in [2.05, 4.69) is 17.1 Å². The van der Waals surface area contributed by atoms with E-state index in [1.165, 1.54) is 4.90 Å². The summed E-state index contributed by atoms with van der Waals surface area (Å²) in [4.78, 5) is 27.9. The van der Waals surface area contributed by atoms with Crippen LogP contribution in [-0.4, -0.2) is 59.4 Å². The van der Waals surface area contributed by atoms with E-state index in [0.29, 0.717) is 12.5 Å². The number of likely N-dealkylation sites (tertiary alicyclic amines) is 2. The highest BCUT2D eigenvalue weighted by atomic mass is 16.2. The number of nitrogens with one attached hydrogen (secondary N) is 1. The van der Waals surface area contributed by atoms with Crippen molar-refractivity contribution in [3.05, 3.63) is 0 Å². The number of amides is 2. The number of hydrogen-bond acceptors (Lipinski definition) is 4. The Bertz CT molecular complexity index is 357. The lowest BCUT2D eigenvalue weighted by molar-refractivity contribution is -0.140. The van der Waals surface area contributed by atoms with Gasteiger partial charge in [-0.1, -0.05) is 6.92 Å². The van der Waals surface area contributed by atoms with Gasteiger partial charge >= 0.3 is 0 Å². The highest BCUT2D eigenvalue weighted by Crippen LogP contribution is 2.18. The van der Waals surface area contributed by atoms with E-state index in [0.717, 1.165) is 32.5 Å². The molecule has 2 unspecified atom stereocenters. The molecule has 2 atom stereocenters. The monoisotopic (exact) mass is 267 g/mol. The number of carbonyl (C=O) groups is 2. The van der Waals surface area contributed by atoms with E-state index in [-0.39, 0.29) is 23.9 Å². The Morgan fingerprint density at radius 2 is 2.11 bits per heavy atom. The number of piperidine rings is 1. The van der Waals surface area contributed by atoms with Gasteiger partial charge in [0, 0.05) is 18.6 Å². The zero-order chi connectivity index (χ0) is 14.0. The summed E-state index contributed by atoms with van der Waals surface area (Å²) < 4.78 is 0. The van der Waals surface area contributed by atoms with Crippen LogP contribution >= 0.6 is 0 Å². The minimum Gasteiger partial charge on any atom is -0.302 e. The smallest absolute Gasteiger partial charge is 0.247 e. The number of nitrogens with zero attached hydrogens (tertiary/aromatic N) is 2. The summed E-state index contributed by atoms with van der Waals surface area (Å²) in [6.45, 7) is 9.11. The summed E-state index contributed by atoms with van der Waals surface area (Å²) in [5.74, 6) is -0.0886. The third-order valence-corrected chi connectivity index (χ3v) is 4.09. The van der Waals surface area contributed by atoms with Crippen LogP contribution in [0.25, 0.3) is 0 Å². The topological polar surface area (TPSA) is 52.7 Å². The second kappa shape index (κ2) is 6.01. The van der Waals surface area contributed by atoms with Crippen molar-refractivity contribution in [3.63, 3.8) is 0 Å². The van der Waals surface area contributed by atoms with Crippen molar-refractivity contribution in [1.82, 2.24) is 15.1 Å². The van der Waals surface area contributed by atoms with Crippen LogP contribution in [0.1, 0.15) is 40.0 Å². The second-order valence-electron chi connectivity index (χ2n) is 5.85. The molecule has 0 radical (unpaired) electrons. The van der Waals surface area contributed by atoms with Gasteiger partial charge in [-0.2, -0.15) is 0 Å². The van der Waals surface area contributed by atoms with Gasteiger partial charge in [0.2, 0.25) is 11.8 Å². The SMILES string of the molecule is CCN1CCCC(NC2CC(=O)N(C(C)C)C2=O)C1. The quantitative estimate of drug-likeness (QED) is 0.758. The lowest BCUT2D eigenvalue weighted by atomic mass is 10.0. The van der Waals surface area contributed by atoms with Gasteiger partial charge in [-0.15, -0.1) is 0 Å². The fraction of sp³-hybridized carbons (Fsp3) is 0.857. The van der Waals surface area contributed by atoms with Crippen LogP contribution in [0.2, 0.25) is 0 Å². The average molecular weight is 267 g/mol. The molecule has 0 aromatic rings. The predicted octanol–water partition coefficient (Wildman–Crippen LogP) is 0.596. The molecule has 2 fully saturated rings. The molecule has 2 aliphatic heterocycles. The first-order valence-corrected chi connectivity index (χ1v) is 7.37. The third kappa shape index (κ3) is 3.15. The van der Waals surface area contributed by atoms with E-state index in [4.69, 9.17) is 0 Å². The Morgan fingerprint density at radius 3 is 2.68 bits per heavy atom. The van der Waals surface area contributed by atoms with Crippen molar-refractivity contribution in [2.45, 2.75) is 58.2 Å². The first kappa shape index (κ1) is 14.5. The third-order valence-electron chi connectivity index (χ3n) is 4.09. The highest BCUT2D eigenvalue weighted by Gasteiger charge is 2.40. The first-order valence-electron chi connectivity index (χ1n) is 7.37. The van der Waals surface area contributed by atoms with Crippen molar-refractivity contribution < 1.29 is 9.59 Å². The average Bonchev–Trinajstić information content (AvgIpc) is 2.64. The minimum absolute atomic E-state index is 0.0368. The fourth-order valence-electron chi connectivity index (χ4n) is 3.09. The number of imide groups is 1. The molecular formula is C14H25N3O2. The molecule has 19 heavy (non-hydrogen) atoms. The molecule has 0 saturated carbocycles. The Labute approximate surface area is 115 Å². The highest BCUT2D eigenvalue weighted by molar-refractivity contribution is 6.05. The fourth-order valence-corrected chi connectivity index (χ4v) is 3.09. The molecule has 2 heterocycles. The largest absolute Gasteiger partial charge is 0.302 e. The maximum Gasteiger partial charge on any atom is 0.247 e. The summed E-state index contributed by atoms with van der Waals surface area (Å²) in [7, 11) is 0.